The van der Waals surface area contributed by atoms with Crippen molar-refractivity contribution < 1.29 is 4.42 Å². The molecule has 0 aliphatic heterocycles. The molecule has 110 valence electrons. The molecule has 0 fully saturated rings. The normalized spacial score (nSPS) is 13.0. The quantitative estimate of drug-likeness (QED) is 0.761. The number of para-hydroxylation sites is 1. The lowest BCUT2D eigenvalue weighted by molar-refractivity contribution is 0.546. The second-order valence-corrected chi connectivity index (χ2v) is 6.65. The molecule has 0 bridgehead atoms. The molecule has 4 heteroatoms. The summed E-state index contributed by atoms with van der Waals surface area (Å²) in [7, 11) is 0. The van der Waals surface area contributed by atoms with Gasteiger partial charge in [0.2, 0.25) is 0 Å². The first kappa shape index (κ1) is 14.3. The van der Waals surface area contributed by atoms with Gasteiger partial charge in [-0.25, -0.2) is 4.98 Å². The number of rotatable bonds is 4. The van der Waals surface area contributed by atoms with Gasteiger partial charge in [-0.2, -0.15) is 0 Å². The average Bonchev–Trinajstić information content (AvgIpc) is 2.95. The van der Waals surface area contributed by atoms with Gasteiger partial charge in [-0.15, -0.1) is 11.3 Å². The lowest BCUT2D eigenvalue weighted by Crippen LogP contribution is -2.18. The first-order valence-corrected chi connectivity index (χ1v) is 8.02. The SMILES string of the molecule is Cc1nc(C)c(C(C)NCc2c(C)oc3ccccc23)s1. The van der Waals surface area contributed by atoms with E-state index in [4.69, 9.17) is 4.42 Å². The third kappa shape index (κ3) is 2.74. The van der Waals surface area contributed by atoms with Crippen molar-refractivity contribution in [1.29, 1.82) is 0 Å². The molecule has 0 spiro atoms. The van der Waals surface area contributed by atoms with Crippen LogP contribution in [0.3, 0.4) is 0 Å². The number of benzene rings is 1. The van der Waals surface area contributed by atoms with Crippen molar-refractivity contribution in [2.45, 2.75) is 40.3 Å². The molecule has 0 amide bonds. The molecule has 21 heavy (non-hydrogen) atoms. The fourth-order valence-electron chi connectivity index (χ4n) is 2.74. The molecule has 1 unspecified atom stereocenters. The maximum Gasteiger partial charge on any atom is 0.134 e. The Kier molecular flexibility index (Phi) is 3.83. The van der Waals surface area contributed by atoms with Crippen molar-refractivity contribution in [3.05, 3.63) is 51.2 Å². The number of nitrogens with one attached hydrogen (secondary N) is 1. The summed E-state index contributed by atoms with van der Waals surface area (Å²) in [5, 5.41) is 5.93. The van der Waals surface area contributed by atoms with E-state index in [1.165, 1.54) is 15.8 Å². The predicted octanol–water partition coefficient (Wildman–Crippen LogP) is 4.67. The monoisotopic (exact) mass is 300 g/mol. The molecule has 3 aromatic rings. The largest absolute Gasteiger partial charge is 0.461 e. The van der Waals surface area contributed by atoms with Gasteiger partial charge in [0.25, 0.3) is 0 Å². The Morgan fingerprint density at radius 2 is 2.00 bits per heavy atom. The molecule has 0 aliphatic carbocycles. The Morgan fingerprint density at radius 1 is 1.24 bits per heavy atom. The summed E-state index contributed by atoms with van der Waals surface area (Å²) in [6, 6.07) is 8.50. The number of aryl methyl sites for hydroxylation is 3. The molecule has 0 saturated heterocycles. The van der Waals surface area contributed by atoms with Crippen molar-refractivity contribution in [3.8, 4) is 0 Å². The summed E-state index contributed by atoms with van der Waals surface area (Å²) in [6.07, 6.45) is 0. The molecule has 2 aromatic heterocycles. The Morgan fingerprint density at radius 3 is 2.71 bits per heavy atom. The maximum absolute atomic E-state index is 5.82. The summed E-state index contributed by atoms with van der Waals surface area (Å²) in [6.45, 7) is 9.17. The van der Waals surface area contributed by atoms with E-state index >= 15 is 0 Å². The molecule has 0 radical (unpaired) electrons. The van der Waals surface area contributed by atoms with Crippen LogP contribution in [0.5, 0.6) is 0 Å². The van der Waals surface area contributed by atoms with Gasteiger partial charge in [-0.3, -0.25) is 0 Å². The molecule has 3 rings (SSSR count). The summed E-state index contributed by atoms with van der Waals surface area (Å²) in [5.74, 6) is 0.994. The molecule has 1 aromatic carbocycles. The Balaban J connectivity index is 1.80. The number of nitrogens with zero attached hydrogens (tertiary/aromatic N) is 1. The first-order chi connectivity index (χ1) is 10.1. The second-order valence-electron chi connectivity index (χ2n) is 5.42. The van der Waals surface area contributed by atoms with Crippen molar-refractivity contribution >= 4 is 22.3 Å². The van der Waals surface area contributed by atoms with Gasteiger partial charge in [0, 0.05) is 28.4 Å². The van der Waals surface area contributed by atoms with Crippen molar-refractivity contribution in [3.63, 3.8) is 0 Å². The van der Waals surface area contributed by atoms with Crippen molar-refractivity contribution in [1.82, 2.24) is 10.3 Å². The highest BCUT2D eigenvalue weighted by Gasteiger charge is 2.15. The zero-order valence-corrected chi connectivity index (χ0v) is 13.7. The Labute approximate surface area is 129 Å². The van der Waals surface area contributed by atoms with Gasteiger partial charge < -0.3 is 9.73 Å². The third-order valence-electron chi connectivity index (χ3n) is 3.82. The molecule has 0 saturated carbocycles. The minimum atomic E-state index is 0.296. The molecule has 2 heterocycles. The zero-order valence-electron chi connectivity index (χ0n) is 12.9. The van der Waals surface area contributed by atoms with Crippen LogP contribution in [0.1, 0.15) is 39.9 Å². The summed E-state index contributed by atoms with van der Waals surface area (Å²) in [4.78, 5) is 5.82. The molecule has 0 aliphatic rings. The fourth-order valence-corrected chi connectivity index (χ4v) is 3.69. The van der Waals surface area contributed by atoms with Crippen LogP contribution < -0.4 is 5.32 Å². The number of thiazole rings is 1. The lowest BCUT2D eigenvalue weighted by Gasteiger charge is -2.12. The molecule has 3 nitrogen and oxygen atoms in total. The number of hydrogen-bond acceptors (Lipinski definition) is 4. The summed E-state index contributed by atoms with van der Waals surface area (Å²) in [5.41, 5.74) is 3.34. The number of furan rings is 1. The van der Waals surface area contributed by atoms with Gasteiger partial charge >= 0.3 is 0 Å². The standard InChI is InChI=1S/C17H20N2OS/c1-10(17-11(2)19-13(4)21-17)18-9-15-12(3)20-16-8-6-5-7-14(15)16/h5-8,10,18H,9H2,1-4H3. The third-order valence-corrected chi connectivity index (χ3v) is 5.07. The summed E-state index contributed by atoms with van der Waals surface area (Å²) >= 11 is 1.77. The predicted molar refractivity (Wildman–Crippen MR) is 87.8 cm³/mol. The highest BCUT2D eigenvalue weighted by Crippen LogP contribution is 2.28. The van der Waals surface area contributed by atoms with E-state index in [1.807, 2.05) is 19.1 Å². The molecule has 1 atom stereocenters. The number of hydrogen-bond donors (Lipinski definition) is 1. The molecular formula is C17H20N2OS. The maximum atomic E-state index is 5.82. The van der Waals surface area contributed by atoms with Crippen LogP contribution in [0.4, 0.5) is 0 Å². The van der Waals surface area contributed by atoms with Crippen LogP contribution in [0, 0.1) is 20.8 Å². The number of aromatic nitrogens is 1. The van der Waals surface area contributed by atoms with Gasteiger partial charge in [-0.1, -0.05) is 18.2 Å². The fraction of sp³-hybridized carbons (Fsp3) is 0.353. The Bertz CT molecular complexity index is 772. The topological polar surface area (TPSA) is 38.1 Å². The molecule has 1 N–H and O–H groups in total. The van der Waals surface area contributed by atoms with Gasteiger partial charge in [0.15, 0.2) is 0 Å². The summed E-state index contributed by atoms with van der Waals surface area (Å²) < 4.78 is 5.82. The smallest absolute Gasteiger partial charge is 0.134 e. The van der Waals surface area contributed by atoms with Crippen molar-refractivity contribution in [2.75, 3.05) is 0 Å². The number of fused-ring (bicyclic) bond motifs is 1. The molecular weight excluding hydrogens is 280 g/mol. The van der Waals surface area contributed by atoms with Crippen LogP contribution in [0.2, 0.25) is 0 Å². The minimum absolute atomic E-state index is 0.296. The van der Waals surface area contributed by atoms with Crippen LogP contribution in [0.25, 0.3) is 11.0 Å². The van der Waals surface area contributed by atoms with Crippen LogP contribution in [-0.2, 0) is 6.54 Å². The van der Waals surface area contributed by atoms with Crippen molar-refractivity contribution in [2.24, 2.45) is 0 Å². The highest BCUT2D eigenvalue weighted by molar-refractivity contribution is 7.11. The van der Waals surface area contributed by atoms with Crippen LogP contribution in [-0.4, -0.2) is 4.98 Å². The van der Waals surface area contributed by atoms with Gasteiger partial charge in [0.1, 0.15) is 11.3 Å². The Hall–Kier alpha value is -1.65. The van der Waals surface area contributed by atoms with E-state index in [0.29, 0.717) is 6.04 Å². The van der Waals surface area contributed by atoms with Gasteiger partial charge in [-0.05, 0) is 33.8 Å². The van der Waals surface area contributed by atoms with E-state index in [9.17, 15) is 0 Å². The van der Waals surface area contributed by atoms with Crippen LogP contribution >= 0.6 is 11.3 Å². The highest BCUT2D eigenvalue weighted by atomic mass is 32.1. The zero-order chi connectivity index (χ0) is 15.0. The van der Waals surface area contributed by atoms with E-state index in [2.05, 4.69) is 43.2 Å². The second kappa shape index (κ2) is 5.62. The van der Waals surface area contributed by atoms with E-state index < -0.39 is 0 Å². The van der Waals surface area contributed by atoms with E-state index in [-0.39, 0.29) is 0 Å². The lowest BCUT2D eigenvalue weighted by atomic mass is 10.1. The van der Waals surface area contributed by atoms with Crippen LogP contribution in [0.15, 0.2) is 28.7 Å². The van der Waals surface area contributed by atoms with E-state index in [0.717, 1.165) is 28.6 Å². The minimum Gasteiger partial charge on any atom is -0.461 e. The van der Waals surface area contributed by atoms with Gasteiger partial charge in [0.05, 0.1) is 10.7 Å². The first-order valence-electron chi connectivity index (χ1n) is 7.20. The van der Waals surface area contributed by atoms with E-state index in [1.54, 1.807) is 11.3 Å². The average molecular weight is 300 g/mol.